The summed E-state index contributed by atoms with van der Waals surface area (Å²) in [6, 6.07) is 15.8. The minimum atomic E-state index is -1.33. The number of carbonyl (C=O) groups excluding carboxylic acids is 2. The maximum absolute atomic E-state index is 12.7. The Balaban J connectivity index is 1.62. The van der Waals surface area contributed by atoms with Crippen LogP contribution >= 0.6 is 0 Å². The van der Waals surface area contributed by atoms with Crippen LogP contribution in [0.1, 0.15) is 76.3 Å². The van der Waals surface area contributed by atoms with E-state index in [9.17, 15) is 19.5 Å². The van der Waals surface area contributed by atoms with E-state index in [-0.39, 0.29) is 18.9 Å². The summed E-state index contributed by atoms with van der Waals surface area (Å²) >= 11 is 0. The Morgan fingerprint density at radius 1 is 1.00 bits per heavy atom. The Labute approximate surface area is 207 Å². The number of benzene rings is 2. The predicted octanol–water partition coefficient (Wildman–Crippen LogP) is 5.23. The number of unbranched alkanes of at least 4 members (excludes halogenated alkanes) is 1. The summed E-state index contributed by atoms with van der Waals surface area (Å²) < 4.78 is 5.63. The van der Waals surface area contributed by atoms with E-state index in [1.165, 1.54) is 6.92 Å². The minimum Gasteiger partial charge on any atom is -0.480 e. The van der Waals surface area contributed by atoms with Gasteiger partial charge in [-0.2, -0.15) is 0 Å². The topological polar surface area (TPSA) is 105 Å². The third-order valence-corrected chi connectivity index (χ3v) is 6.64. The Hall–Kier alpha value is -3.35. The Kier molecular flexibility index (Phi) is 8.90. The fourth-order valence-corrected chi connectivity index (χ4v) is 4.79. The number of carboxylic acids is 1. The van der Waals surface area contributed by atoms with E-state index < -0.39 is 29.6 Å². The van der Waals surface area contributed by atoms with Gasteiger partial charge in [0.05, 0.1) is 0 Å². The first-order chi connectivity index (χ1) is 16.8. The van der Waals surface area contributed by atoms with Crippen molar-refractivity contribution in [1.29, 1.82) is 0 Å². The molecule has 2 atom stereocenters. The highest BCUT2D eigenvalue weighted by molar-refractivity contribution is 5.87. The molecule has 35 heavy (non-hydrogen) atoms. The first-order valence-corrected chi connectivity index (χ1v) is 12.4. The molecule has 1 aliphatic carbocycles. The van der Waals surface area contributed by atoms with Crippen molar-refractivity contribution in [3.05, 3.63) is 59.7 Å². The number of aliphatic carboxylic acids is 1. The van der Waals surface area contributed by atoms with Gasteiger partial charge in [-0.15, -0.1) is 0 Å². The Morgan fingerprint density at radius 2 is 1.60 bits per heavy atom. The molecule has 2 aromatic rings. The lowest BCUT2D eigenvalue weighted by Gasteiger charge is -2.27. The highest BCUT2D eigenvalue weighted by Gasteiger charge is 2.34. The lowest BCUT2D eigenvalue weighted by molar-refractivity contribution is -0.147. The lowest BCUT2D eigenvalue weighted by Crippen LogP contribution is -2.53. The van der Waals surface area contributed by atoms with Crippen LogP contribution in [0.25, 0.3) is 11.1 Å². The second-order valence-corrected chi connectivity index (χ2v) is 9.45. The van der Waals surface area contributed by atoms with Gasteiger partial charge in [0.15, 0.2) is 0 Å². The second-order valence-electron chi connectivity index (χ2n) is 9.45. The number of nitrogens with one attached hydrogen (secondary N) is 2. The molecular formula is C28H36N2O5. The fraction of sp³-hybridized carbons (Fsp3) is 0.464. The SMILES string of the molecule is CCCC[C@H](CC(=O)NC(C)(CCC)C(=O)O)NC(=O)OCC1c2ccccc2-c2ccccc21. The van der Waals surface area contributed by atoms with Gasteiger partial charge in [-0.25, -0.2) is 9.59 Å². The standard InChI is InChI=1S/C28H36N2O5/c1-4-6-11-19(17-25(31)30-28(3,16-5-2)26(32)33)29-27(34)35-18-24-22-14-9-7-12-20(22)21-13-8-10-15-23(21)24/h7-10,12-15,19,24H,4-6,11,16-18H2,1-3H3,(H,29,34)(H,30,31)(H,32,33)/t19-,28?/m1/s1. The number of hydrogen-bond acceptors (Lipinski definition) is 4. The molecule has 3 N–H and O–H groups in total. The molecule has 0 spiro atoms. The normalized spacial score (nSPS) is 14.8. The molecule has 0 aliphatic heterocycles. The van der Waals surface area contributed by atoms with Gasteiger partial charge >= 0.3 is 12.1 Å². The quantitative estimate of drug-likeness (QED) is 0.386. The van der Waals surface area contributed by atoms with Gasteiger partial charge in [-0.05, 0) is 42.0 Å². The zero-order chi connectivity index (χ0) is 25.4. The molecule has 0 heterocycles. The number of carbonyl (C=O) groups is 3. The molecule has 2 aromatic carbocycles. The highest BCUT2D eigenvalue weighted by Crippen LogP contribution is 2.44. The van der Waals surface area contributed by atoms with Gasteiger partial charge < -0.3 is 20.5 Å². The van der Waals surface area contributed by atoms with Crippen molar-refractivity contribution in [1.82, 2.24) is 10.6 Å². The van der Waals surface area contributed by atoms with Crippen LogP contribution in [0.5, 0.6) is 0 Å². The molecule has 2 amide bonds. The molecule has 0 saturated heterocycles. The first kappa shape index (κ1) is 26.3. The van der Waals surface area contributed by atoms with Crippen molar-refractivity contribution < 1.29 is 24.2 Å². The van der Waals surface area contributed by atoms with Gasteiger partial charge in [0.1, 0.15) is 12.1 Å². The van der Waals surface area contributed by atoms with E-state index in [4.69, 9.17) is 4.74 Å². The maximum atomic E-state index is 12.7. The highest BCUT2D eigenvalue weighted by atomic mass is 16.5. The van der Waals surface area contributed by atoms with E-state index in [1.54, 1.807) is 0 Å². The van der Waals surface area contributed by atoms with Crippen LogP contribution in [0.3, 0.4) is 0 Å². The van der Waals surface area contributed by atoms with Gasteiger partial charge in [0, 0.05) is 18.4 Å². The van der Waals surface area contributed by atoms with Gasteiger partial charge in [0.2, 0.25) is 5.91 Å². The molecular weight excluding hydrogens is 444 g/mol. The third-order valence-electron chi connectivity index (χ3n) is 6.64. The zero-order valence-corrected chi connectivity index (χ0v) is 20.8. The summed E-state index contributed by atoms with van der Waals surface area (Å²) in [6.45, 7) is 5.61. The van der Waals surface area contributed by atoms with Gasteiger partial charge in [-0.3, -0.25) is 4.79 Å². The van der Waals surface area contributed by atoms with Crippen molar-refractivity contribution in [3.63, 3.8) is 0 Å². The Bertz CT molecular complexity index is 1010. The average Bonchev–Trinajstić information content (AvgIpc) is 3.15. The molecule has 0 saturated carbocycles. The molecule has 1 unspecified atom stereocenters. The number of amides is 2. The summed E-state index contributed by atoms with van der Waals surface area (Å²) in [5.74, 6) is -1.51. The van der Waals surface area contributed by atoms with Crippen LogP contribution in [-0.2, 0) is 14.3 Å². The van der Waals surface area contributed by atoms with Crippen LogP contribution in [-0.4, -0.2) is 41.3 Å². The van der Waals surface area contributed by atoms with Crippen molar-refractivity contribution in [2.24, 2.45) is 0 Å². The summed E-state index contributed by atoms with van der Waals surface area (Å²) in [5.41, 5.74) is 3.25. The largest absolute Gasteiger partial charge is 0.480 e. The second kappa shape index (κ2) is 11.9. The molecule has 0 fully saturated rings. The van der Waals surface area contributed by atoms with Crippen molar-refractivity contribution >= 4 is 18.0 Å². The number of rotatable bonds is 12. The summed E-state index contributed by atoms with van der Waals surface area (Å²) in [7, 11) is 0. The zero-order valence-electron chi connectivity index (χ0n) is 20.8. The van der Waals surface area contributed by atoms with E-state index in [0.29, 0.717) is 19.3 Å². The number of fused-ring (bicyclic) bond motifs is 3. The van der Waals surface area contributed by atoms with Crippen molar-refractivity contribution in [2.45, 2.75) is 76.8 Å². The smallest absolute Gasteiger partial charge is 0.407 e. The van der Waals surface area contributed by atoms with E-state index in [2.05, 4.69) is 34.9 Å². The average molecular weight is 481 g/mol. The van der Waals surface area contributed by atoms with Crippen LogP contribution < -0.4 is 10.6 Å². The molecule has 0 bridgehead atoms. The molecule has 7 nitrogen and oxygen atoms in total. The van der Waals surface area contributed by atoms with Gasteiger partial charge in [-0.1, -0.05) is 81.6 Å². The van der Waals surface area contributed by atoms with Crippen molar-refractivity contribution in [3.8, 4) is 11.1 Å². The minimum absolute atomic E-state index is 0.00319. The predicted molar refractivity (Wildman–Crippen MR) is 135 cm³/mol. The number of ether oxygens (including phenoxy) is 1. The number of hydrogen-bond donors (Lipinski definition) is 3. The van der Waals surface area contributed by atoms with E-state index in [0.717, 1.165) is 35.1 Å². The molecule has 0 aromatic heterocycles. The molecule has 1 aliphatic rings. The number of alkyl carbamates (subject to hydrolysis) is 1. The van der Waals surface area contributed by atoms with Crippen molar-refractivity contribution in [2.75, 3.05) is 6.61 Å². The number of carboxylic acid groups (broad SMARTS) is 1. The summed E-state index contributed by atoms with van der Waals surface area (Å²) in [6.07, 6.45) is 2.71. The monoisotopic (exact) mass is 480 g/mol. The van der Waals surface area contributed by atoms with E-state index >= 15 is 0 Å². The van der Waals surface area contributed by atoms with Crippen LogP contribution in [0.15, 0.2) is 48.5 Å². The summed E-state index contributed by atoms with van der Waals surface area (Å²) in [4.78, 5) is 37.0. The van der Waals surface area contributed by atoms with Crippen LogP contribution in [0.4, 0.5) is 4.79 Å². The fourth-order valence-electron chi connectivity index (χ4n) is 4.79. The Morgan fingerprint density at radius 3 is 2.14 bits per heavy atom. The molecule has 0 radical (unpaired) electrons. The van der Waals surface area contributed by atoms with Crippen LogP contribution in [0.2, 0.25) is 0 Å². The first-order valence-electron chi connectivity index (χ1n) is 12.4. The maximum Gasteiger partial charge on any atom is 0.407 e. The van der Waals surface area contributed by atoms with E-state index in [1.807, 2.05) is 38.1 Å². The molecule has 7 heteroatoms. The summed E-state index contributed by atoms with van der Waals surface area (Å²) in [5, 5.41) is 15.0. The van der Waals surface area contributed by atoms with Crippen LogP contribution in [0, 0.1) is 0 Å². The molecule has 188 valence electrons. The third kappa shape index (κ3) is 6.41. The lowest BCUT2D eigenvalue weighted by atomic mass is 9.95. The van der Waals surface area contributed by atoms with Gasteiger partial charge in [0.25, 0.3) is 0 Å². The molecule has 3 rings (SSSR count).